The third-order valence-electron chi connectivity index (χ3n) is 1.40. The Morgan fingerprint density at radius 3 is 2.69 bits per heavy atom. The number of hydrogen-bond acceptors (Lipinski definition) is 2. The molecule has 1 rings (SSSR count). The van der Waals surface area contributed by atoms with Crippen molar-refractivity contribution in [1.29, 1.82) is 5.26 Å². The summed E-state index contributed by atoms with van der Waals surface area (Å²) in [5.74, 6) is 0. The van der Waals surface area contributed by atoms with E-state index >= 15 is 0 Å². The van der Waals surface area contributed by atoms with Crippen LogP contribution in [0.4, 0.5) is 8.78 Å². The van der Waals surface area contributed by atoms with Crippen LogP contribution >= 0.6 is 22.6 Å². The van der Waals surface area contributed by atoms with Crippen LogP contribution in [0.15, 0.2) is 11.0 Å². The van der Waals surface area contributed by atoms with Gasteiger partial charge in [0.15, 0.2) is 0 Å². The van der Waals surface area contributed by atoms with E-state index in [0.717, 1.165) is 6.20 Å². The topological polar surface area (TPSA) is 56.6 Å². The Balaban J connectivity index is 3.51. The lowest BCUT2D eigenvalue weighted by atomic mass is 10.2. The third kappa shape index (κ3) is 1.85. The fourth-order valence-electron chi connectivity index (χ4n) is 0.804. The summed E-state index contributed by atoms with van der Waals surface area (Å²) in [7, 11) is 0. The Morgan fingerprint density at radius 1 is 1.62 bits per heavy atom. The number of hydrogen-bond donors (Lipinski definition) is 1. The van der Waals surface area contributed by atoms with Crippen molar-refractivity contribution < 1.29 is 8.78 Å². The Labute approximate surface area is 85.5 Å². The second-order valence-corrected chi connectivity index (χ2v) is 3.33. The predicted octanol–water partition coefficient (Wildman–Crippen LogP) is 1.79. The molecule has 68 valence electrons. The van der Waals surface area contributed by atoms with Crippen molar-refractivity contribution in [2.24, 2.45) is 0 Å². The van der Waals surface area contributed by atoms with Crippen LogP contribution in [-0.4, -0.2) is 4.98 Å². The molecular weight excluding hydrogens is 293 g/mol. The van der Waals surface area contributed by atoms with Gasteiger partial charge in [0.25, 0.3) is 6.43 Å². The molecule has 0 bridgehead atoms. The maximum absolute atomic E-state index is 12.2. The minimum atomic E-state index is -2.83. The summed E-state index contributed by atoms with van der Waals surface area (Å²) in [6.45, 7) is 0. The first kappa shape index (κ1) is 10.1. The zero-order valence-electron chi connectivity index (χ0n) is 6.14. The standard InChI is InChI=1S/C7H3F2IN2O/c8-7(9)5-3(1-11)6(13)4(10)2-12-5/h2,7H,(H,12,13). The maximum atomic E-state index is 12.2. The molecular formula is C7H3F2IN2O. The monoisotopic (exact) mass is 296 g/mol. The molecule has 1 aromatic heterocycles. The summed E-state index contributed by atoms with van der Waals surface area (Å²) < 4.78 is 24.6. The van der Waals surface area contributed by atoms with Gasteiger partial charge in [-0.2, -0.15) is 5.26 Å². The van der Waals surface area contributed by atoms with Crippen molar-refractivity contribution >= 4 is 22.6 Å². The first-order valence-electron chi connectivity index (χ1n) is 3.17. The fourth-order valence-corrected chi connectivity index (χ4v) is 1.23. The molecule has 0 unspecified atom stereocenters. The van der Waals surface area contributed by atoms with Gasteiger partial charge >= 0.3 is 0 Å². The van der Waals surface area contributed by atoms with Gasteiger partial charge in [-0.3, -0.25) is 4.79 Å². The van der Waals surface area contributed by atoms with Gasteiger partial charge in [0, 0.05) is 6.20 Å². The highest BCUT2D eigenvalue weighted by Crippen LogP contribution is 2.18. The van der Waals surface area contributed by atoms with Crippen LogP contribution in [0.25, 0.3) is 0 Å². The van der Waals surface area contributed by atoms with Crippen LogP contribution in [0.3, 0.4) is 0 Å². The van der Waals surface area contributed by atoms with Crippen molar-refractivity contribution in [3.05, 3.63) is 31.2 Å². The summed E-state index contributed by atoms with van der Waals surface area (Å²) in [6.07, 6.45) is -1.68. The number of aromatic nitrogens is 1. The molecule has 0 fully saturated rings. The van der Waals surface area contributed by atoms with Crippen LogP contribution < -0.4 is 5.43 Å². The molecule has 0 spiro atoms. The zero-order chi connectivity index (χ0) is 10.0. The van der Waals surface area contributed by atoms with E-state index in [1.54, 1.807) is 22.6 Å². The number of aromatic amines is 1. The first-order chi connectivity index (χ1) is 6.07. The van der Waals surface area contributed by atoms with Crippen LogP contribution in [0.2, 0.25) is 0 Å². The number of H-pyrrole nitrogens is 1. The van der Waals surface area contributed by atoms with Crippen LogP contribution in [0.1, 0.15) is 17.7 Å². The summed E-state index contributed by atoms with van der Waals surface area (Å²) in [6, 6.07) is 1.46. The molecule has 1 heterocycles. The highest BCUT2D eigenvalue weighted by atomic mass is 127. The molecule has 13 heavy (non-hydrogen) atoms. The molecule has 3 nitrogen and oxygen atoms in total. The number of pyridine rings is 1. The quantitative estimate of drug-likeness (QED) is 0.803. The summed E-state index contributed by atoms with van der Waals surface area (Å²) in [4.78, 5) is 13.4. The second kappa shape index (κ2) is 3.83. The van der Waals surface area contributed by atoms with Crippen molar-refractivity contribution in [2.75, 3.05) is 0 Å². The molecule has 0 saturated heterocycles. The normalized spacial score (nSPS) is 10.1. The molecule has 0 radical (unpaired) electrons. The number of halogens is 3. The van der Waals surface area contributed by atoms with E-state index in [9.17, 15) is 13.6 Å². The predicted molar refractivity (Wildman–Crippen MR) is 49.5 cm³/mol. The molecule has 0 saturated carbocycles. The highest BCUT2D eigenvalue weighted by Gasteiger charge is 2.17. The molecule has 1 N–H and O–H groups in total. The number of alkyl halides is 2. The van der Waals surface area contributed by atoms with Crippen LogP contribution in [0.5, 0.6) is 0 Å². The SMILES string of the molecule is N#Cc1c(C(F)F)[nH]cc(I)c1=O. The minimum absolute atomic E-state index is 0.221. The fraction of sp³-hybridized carbons (Fsp3) is 0.143. The van der Waals surface area contributed by atoms with E-state index in [4.69, 9.17) is 5.26 Å². The number of nitriles is 1. The van der Waals surface area contributed by atoms with Crippen molar-refractivity contribution in [3.8, 4) is 6.07 Å². The van der Waals surface area contributed by atoms with Crippen molar-refractivity contribution in [3.63, 3.8) is 0 Å². The molecule has 0 aromatic carbocycles. The van der Waals surface area contributed by atoms with Gasteiger partial charge < -0.3 is 4.98 Å². The molecule has 0 aliphatic carbocycles. The van der Waals surface area contributed by atoms with Gasteiger partial charge in [-0.25, -0.2) is 8.78 Å². The average molecular weight is 296 g/mol. The van der Waals surface area contributed by atoms with E-state index in [-0.39, 0.29) is 3.57 Å². The Hall–Kier alpha value is -0.970. The molecule has 1 aromatic rings. The van der Waals surface area contributed by atoms with Crippen LogP contribution in [0, 0.1) is 14.9 Å². The Morgan fingerprint density at radius 2 is 2.23 bits per heavy atom. The number of nitrogens with one attached hydrogen (secondary N) is 1. The van der Waals surface area contributed by atoms with Gasteiger partial charge in [-0.1, -0.05) is 0 Å². The molecule has 0 amide bonds. The van der Waals surface area contributed by atoms with Gasteiger partial charge in [0.2, 0.25) is 5.43 Å². The van der Waals surface area contributed by atoms with Gasteiger partial charge in [0.1, 0.15) is 17.3 Å². The van der Waals surface area contributed by atoms with E-state index in [1.165, 1.54) is 6.07 Å². The molecule has 6 heteroatoms. The summed E-state index contributed by atoms with van der Waals surface area (Å²) >= 11 is 1.67. The van der Waals surface area contributed by atoms with E-state index in [1.807, 2.05) is 0 Å². The summed E-state index contributed by atoms with van der Waals surface area (Å²) in [5.41, 5.74) is -1.79. The lowest BCUT2D eigenvalue weighted by Crippen LogP contribution is -2.14. The first-order valence-corrected chi connectivity index (χ1v) is 4.25. The van der Waals surface area contributed by atoms with Gasteiger partial charge in [-0.15, -0.1) is 0 Å². The number of nitrogens with zero attached hydrogens (tertiary/aromatic N) is 1. The van der Waals surface area contributed by atoms with Gasteiger partial charge in [-0.05, 0) is 22.6 Å². The van der Waals surface area contributed by atoms with Crippen molar-refractivity contribution in [1.82, 2.24) is 4.98 Å². The van der Waals surface area contributed by atoms with Crippen LogP contribution in [-0.2, 0) is 0 Å². The zero-order valence-corrected chi connectivity index (χ0v) is 8.30. The molecule has 0 atom stereocenters. The minimum Gasteiger partial charge on any atom is -0.358 e. The highest BCUT2D eigenvalue weighted by molar-refractivity contribution is 14.1. The number of rotatable bonds is 1. The van der Waals surface area contributed by atoms with Gasteiger partial charge in [0.05, 0.1) is 3.57 Å². The molecule has 0 aliphatic rings. The maximum Gasteiger partial charge on any atom is 0.279 e. The smallest absolute Gasteiger partial charge is 0.279 e. The third-order valence-corrected chi connectivity index (χ3v) is 2.20. The van der Waals surface area contributed by atoms with E-state index in [0.29, 0.717) is 0 Å². The van der Waals surface area contributed by atoms with E-state index in [2.05, 4.69) is 4.98 Å². The van der Waals surface area contributed by atoms with Crippen molar-refractivity contribution in [2.45, 2.75) is 6.43 Å². The molecule has 0 aliphatic heterocycles. The summed E-state index contributed by atoms with van der Waals surface area (Å²) in [5, 5.41) is 8.47. The van der Waals surface area contributed by atoms with E-state index < -0.39 is 23.1 Å². The average Bonchev–Trinajstić information content (AvgIpc) is 2.09. The second-order valence-electron chi connectivity index (χ2n) is 2.17. The lowest BCUT2D eigenvalue weighted by molar-refractivity contribution is 0.145. The Bertz CT molecular complexity index is 421. The Kier molecular flexibility index (Phi) is 2.98. The largest absolute Gasteiger partial charge is 0.358 e. The lowest BCUT2D eigenvalue weighted by Gasteiger charge is -2.01.